The number of urea groups is 1. The second-order valence-corrected chi connectivity index (χ2v) is 5.73. The number of aliphatic hydroxyl groups is 1. The molecule has 0 saturated heterocycles. The maximum Gasteiger partial charge on any atom is 0.315 e. The number of hydrogen-bond donors (Lipinski definition) is 3. The molecule has 3 N–H and O–H groups in total. The summed E-state index contributed by atoms with van der Waals surface area (Å²) in [5.74, 6) is 0. The normalized spacial score (nSPS) is 12.8. The number of carbonyl (C=O) groups is 1. The molecule has 2 amide bonds. The van der Waals surface area contributed by atoms with Crippen molar-refractivity contribution in [3.63, 3.8) is 0 Å². The molecule has 106 valence electrons. The van der Waals surface area contributed by atoms with Crippen molar-refractivity contribution in [3.05, 3.63) is 35.9 Å². The Balaban J connectivity index is 2.65. The molecule has 4 nitrogen and oxygen atoms in total. The van der Waals surface area contributed by atoms with Crippen LogP contribution in [-0.2, 0) is 6.42 Å². The van der Waals surface area contributed by atoms with Gasteiger partial charge in [-0.1, -0.05) is 51.1 Å². The van der Waals surface area contributed by atoms with Gasteiger partial charge in [0.05, 0.1) is 6.61 Å². The molecule has 0 aliphatic carbocycles. The minimum absolute atomic E-state index is 0.0353. The largest absolute Gasteiger partial charge is 0.395 e. The molecule has 0 spiro atoms. The predicted molar refractivity (Wildman–Crippen MR) is 77.0 cm³/mol. The van der Waals surface area contributed by atoms with Crippen LogP contribution in [0.15, 0.2) is 30.3 Å². The lowest BCUT2D eigenvalue weighted by molar-refractivity contribution is 0.213. The topological polar surface area (TPSA) is 61.4 Å². The van der Waals surface area contributed by atoms with E-state index in [9.17, 15) is 4.79 Å². The molecule has 0 fully saturated rings. The van der Waals surface area contributed by atoms with Crippen molar-refractivity contribution < 1.29 is 9.90 Å². The van der Waals surface area contributed by atoms with Crippen LogP contribution in [0.4, 0.5) is 4.79 Å². The third-order valence-corrected chi connectivity index (χ3v) is 3.03. The third-order valence-electron chi connectivity index (χ3n) is 3.03. The summed E-state index contributed by atoms with van der Waals surface area (Å²) in [6.07, 6.45) is 0.789. The number of carbonyl (C=O) groups excluding carboxylic acids is 1. The van der Waals surface area contributed by atoms with E-state index >= 15 is 0 Å². The van der Waals surface area contributed by atoms with Gasteiger partial charge in [-0.25, -0.2) is 4.79 Å². The second kappa shape index (κ2) is 7.14. The molecule has 4 heteroatoms. The summed E-state index contributed by atoms with van der Waals surface area (Å²) in [4.78, 5) is 11.7. The predicted octanol–water partition coefficient (Wildman–Crippen LogP) is 1.94. The molecule has 1 atom stereocenters. The maximum absolute atomic E-state index is 11.7. The average Bonchev–Trinajstić information content (AvgIpc) is 2.36. The van der Waals surface area contributed by atoms with E-state index in [0.29, 0.717) is 0 Å². The van der Waals surface area contributed by atoms with Gasteiger partial charge in [-0.3, -0.25) is 0 Å². The van der Waals surface area contributed by atoms with E-state index in [2.05, 4.69) is 43.5 Å². The lowest BCUT2D eigenvalue weighted by atomic mass is 9.83. The highest BCUT2D eigenvalue weighted by Gasteiger charge is 2.26. The monoisotopic (exact) mass is 264 g/mol. The molecule has 1 rings (SSSR count). The van der Waals surface area contributed by atoms with Crippen LogP contribution in [0.1, 0.15) is 26.3 Å². The molecule has 0 saturated carbocycles. The number of nitrogens with one attached hydrogen (secondary N) is 2. The van der Waals surface area contributed by atoms with Crippen molar-refractivity contribution >= 4 is 6.03 Å². The number of hydrogen-bond acceptors (Lipinski definition) is 2. The van der Waals surface area contributed by atoms with Gasteiger partial charge in [0.1, 0.15) is 0 Å². The van der Waals surface area contributed by atoms with E-state index in [0.717, 1.165) is 6.42 Å². The Morgan fingerprint density at radius 2 is 1.89 bits per heavy atom. The van der Waals surface area contributed by atoms with Gasteiger partial charge in [-0.15, -0.1) is 0 Å². The van der Waals surface area contributed by atoms with Gasteiger partial charge in [0, 0.05) is 12.6 Å². The quantitative estimate of drug-likeness (QED) is 0.761. The number of rotatable bonds is 5. The maximum atomic E-state index is 11.7. The van der Waals surface area contributed by atoms with E-state index in [1.807, 2.05) is 18.2 Å². The molecule has 0 heterocycles. The highest BCUT2D eigenvalue weighted by Crippen LogP contribution is 2.22. The number of aliphatic hydroxyl groups excluding tert-OH is 1. The Morgan fingerprint density at radius 1 is 1.26 bits per heavy atom. The van der Waals surface area contributed by atoms with Gasteiger partial charge in [-0.05, 0) is 17.4 Å². The van der Waals surface area contributed by atoms with Crippen LogP contribution >= 0.6 is 0 Å². The molecule has 1 unspecified atom stereocenters. The fourth-order valence-electron chi connectivity index (χ4n) is 1.80. The standard InChI is InChI=1S/C15H24N2O2/c1-15(2,3)13(17-14(19)16-9-10-18)11-12-7-5-4-6-8-12/h4-8,13,18H,9-11H2,1-3H3,(H2,16,17,19). The van der Waals surface area contributed by atoms with Gasteiger partial charge < -0.3 is 15.7 Å². The minimum atomic E-state index is -0.232. The summed E-state index contributed by atoms with van der Waals surface area (Å²) < 4.78 is 0. The van der Waals surface area contributed by atoms with Crippen LogP contribution in [-0.4, -0.2) is 30.3 Å². The molecule has 0 aromatic heterocycles. The zero-order valence-electron chi connectivity index (χ0n) is 11.9. The van der Waals surface area contributed by atoms with Crippen LogP contribution in [0.3, 0.4) is 0 Å². The Kier molecular flexibility index (Phi) is 5.83. The van der Waals surface area contributed by atoms with Crippen molar-refractivity contribution in [3.8, 4) is 0 Å². The van der Waals surface area contributed by atoms with Gasteiger partial charge in [0.25, 0.3) is 0 Å². The summed E-state index contributed by atoms with van der Waals surface area (Å²) in [5, 5.41) is 14.3. The first-order valence-corrected chi connectivity index (χ1v) is 6.62. The van der Waals surface area contributed by atoms with Crippen molar-refractivity contribution in [1.82, 2.24) is 10.6 Å². The minimum Gasteiger partial charge on any atom is -0.395 e. The van der Waals surface area contributed by atoms with Crippen LogP contribution in [0.5, 0.6) is 0 Å². The van der Waals surface area contributed by atoms with E-state index < -0.39 is 0 Å². The summed E-state index contributed by atoms with van der Waals surface area (Å²) in [5.41, 5.74) is 1.16. The zero-order valence-corrected chi connectivity index (χ0v) is 11.9. The second-order valence-electron chi connectivity index (χ2n) is 5.73. The van der Waals surface area contributed by atoms with E-state index in [-0.39, 0.29) is 30.6 Å². The SMILES string of the molecule is CC(C)(C)C(Cc1ccccc1)NC(=O)NCCO. The number of benzene rings is 1. The third kappa shape index (κ3) is 5.75. The molecule has 0 aliphatic heterocycles. The van der Waals surface area contributed by atoms with Gasteiger partial charge in [0.2, 0.25) is 0 Å². The molecule has 19 heavy (non-hydrogen) atoms. The summed E-state index contributed by atoms with van der Waals surface area (Å²) in [6.45, 7) is 6.53. The summed E-state index contributed by atoms with van der Waals surface area (Å²) >= 11 is 0. The van der Waals surface area contributed by atoms with Crippen LogP contribution in [0, 0.1) is 5.41 Å². The van der Waals surface area contributed by atoms with E-state index in [1.54, 1.807) is 0 Å². The van der Waals surface area contributed by atoms with Gasteiger partial charge >= 0.3 is 6.03 Å². The first-order valence-electron chi connectivity index (χ1n) is 6.62. The summed E-state index contributed by atoms with van der Waals surface area (Å²) in [7, 11) is 0. The average molecular weight is 264 g/mol. The molecule has 1 aromatic carbocycles. The van der Waals surface area contributed by atoms with Crippen LogP contribution in [0.25, 0.3) is 0 Å². The fraction of sp³-hybridized carbons (Fsp3) is 0.533. The Bertz CT molecular complexity index is 385. The summed E-state index contributed by atoms with van der Waals surface area (Å²) in [6, 6.07) is 9.91. The van der Waals surface area contributed by atoms with Crippen LogP contribution in [0.2, 0.25) is 0 Å². The van der Waals surface area contributed by atoms with Crippen molar-refractivity contribution in [2.75, 3.05) is 13.2 Å². The highest BCUT2D eigenvalue weighted by molar-refractivity contribution is 5.74. The van der Waals surface area contributed by atoms with Crippen LogP contribution < -0.4 is 10.6 Å². The Hall–Kier alpha value is -1.55. The molecule has 1 aromatic rings. The molecule has 0 bridgehead atoms. The van der Waals surface area contributed by atoms with Gasteiger partial charge in [0.15, 0.2) is 0 Å². The van der Waals surface area contributed by atoms with E-state index in [1.165, 1.54) is 5.56 Å². The highest BCUT2D eigenvalue weighted by atomic mass is 16.3. The first kappa shape index (κ1) is 15.5. The lowest BCUT2D eigenvalue weighted by Crippen LogP contribution is -2.49. The Labute approximate surface area is 115 Å². The molecule has 0 aliphatic rings. The van der Waals surface area contributed by atoms with Crippen molar-refractivity contribution in [1.29, 1.82) is 0 Å². The van der Waals surface area contributed by atoms with Crippen molar-refractivity contribution in [2.24, 2.45) is 5.41 Å². The number of amides is 2. The Morgan fingerprint density at radius 3 is 2.42 bits per heavy atom. The molecular weight excluding hydrogens is 240 g/mol. The molecule has 0 radical (unpaired) electrons. The zero-order chi connectivity index (χ0) is 14.3. The lowest BCUT2D eigenvalue weighted by Gasteiger charge is -2.31. The first-order chi connectivity index (χ1) is 8.93. The molecular formula is C15H24N2O2. The van der Waals surface area contributed by atoms with Crippen molar-refractivity contribution in [2.45, 2.75) is 33.2 Å². The fourth-order valence-corrected chi connectivity index (χ4v) is 1.80. The smallest absolute Gasteiger partial charge is 0.315 e. The van der Waals surface area contributed by atoms with E-state index in [4.69, 9.17) is 5.11 Å². The van der Waals surface area contributed by atoms with Gasteiger partial charge in [-0.2, -0.15) is 0 Å².